The van der Waals surface area contributed by atoms with Crippen LogP contribution < -0.4 is 5.32 Å². The number of carboxylic acid groups (broad SMARTS) is 1. The van der Waals surface area contributed by atoms with Gasteiger partial charge in [-0.25, -0.2) is 4.98 Å². The average Bonchev–Trinajstić information content (AvgIpc) is 3.15. The van der Waals surface area contributed by atoms with E-state index < -0.39 is 12.0 Å². The summed E-state index contributed by atoms with van der Waals surface area (Å²) in [5, 5.41) is 12.6. The molecule has 31 heavy (non-hydrogen) atoms. The van der Waals surface area contributed by atoms with E-state index in [0.29, 0.717) is 21.8 Å². The zero-order valence-electron chi connectivity index (χ0n) is 16.1. The highest BCUT2D eigenvalue weighted by Crippen LogP contribution is 2.28. The molecule has 4 aromatic rings. The van der Waals surface area contributed by atoms with Crippen LogP contribution in [0.2, 0.25) is 5.02 Å². The Morgan fingerprint density at radius 1 is 1.10 bits per heavy atom. The molecule has 0 saturated heterocycles. The van der Waals surface area contributed by atoms with Crippen molar-refractivity contribution in [3.8, 4) is 0 Å². The van der Waals surface area contributed by atoms with Gasteiger partial charge in [0.2, 0.25) is 0 Å². The number of imidazole rings is 1. The summed E-state index contributed by atoms with van der Waals surface area (Å²) in [6.07, 6.45) is 1.55. The molecule has 6 nitrogen and oxygen atoms in total. The van der Waals surface area contributed by atoms with Gasteiger partial charge in [0, 0.05) is 10.2 Å². The lowest BCUT2D eigenvalue weighted by atomic mass is 10.0. The van der Waals surface area contributed by atoms with Gasteiger partial charge < -0.3 is 15.0 Å². The van der Waals surface area contributed by atoms with Gasteiger partial charge in [-0.2, -0.15) is 0 Å². The largest absolute Gasteiger partial charge is 0.481 e. The van der Waals surface area contributed by atoms with Crippen LogP contribution in [-0.2, 0) is 4.79 Å². The Morgan fingerprint density at radius 3 is 2.58 bits per heavy atom. The molecule has 1 unspecified atom stereocenters. The highest BCUT2D eigenvalue weighted by atomic mass is 79.9. The number of carbonyl (C=O) groups is 2. The highest BCUT2D eigenvalue weighted by molar-refractivity contribution is 9.10. The van der Waals surface area contributed by atoms with Gasteiger partial charge in [0.05, 0.1) is 40.4 Å². The lowest BCUT2D eigenvalue weighted by molar-refractivity contribution is -0.137. The number of fused-ring (bicyclic) bond motifs is 1. The second kappa shape index (κ2) is 8.91. The number of nitrogens with one attached hydrogen (secondary N) is 1. The van der Waals surface area contributed by atoms with Crippen molar-refractivity contribution in [2.24, 2.45) is 0 Å². The fourth-order valence-electron chi connectivity index (χ4n) is 3.45. The molecule has 0 spiro atoms. The third kappa shape index (κ3) is 4.62. The van der Waals surface area contributed by atoms with Crippen molar-refractivity contribution >= 4 is 56.1 Å². The maximum Gasteiger partial charge on any atom is 0.305 e. The molecule has 1 aromatic heterocycles. The van der Waals surface area contributed by atoms with Crippen molar-refractivity contribution in [1.29, 1.82) is 0 Å². The highest BCUT2D eigenvalue weighted by Gasteiger charge is 2.20. The molecule has 0 aliphatic rings. The first kappa shape index (κ1) is 21.1. The molecule has 0 radical (unpaired) electrons. The number of hydrogen-bond acceptors (Lipinski definition) is 3. The number of carbonyl (C=O) groups excluding carboxylic acids is 1. The molecule has 2 N–H and O–H groups in total. The van der Waals surface area contributed by atoms with Crippen molar-refractivity contribution < 1.29 is 14.7 Å². The van der Waals surface area contributed by atoms with E-state index in [1.165, 1.54) is 0 Å². The van der Waals surface area contributed by atoms with E-state index in [-0.39, 0.29) is 12.3 Å². The summed E-state index contributed by atoms with van der Waals surface area (Å²) in [7, 11) is 0. The van der Waals surface area contributed by atoms with E-state index in [1.807, 2.05) is 41.0 Å². The van der Waals surface area contributed by atoms with Gasteiger partial charge >= 0.3 is 5.97 Å². The van der Waals surface area contributed by atoms with Crippen LogP contribution in [0.25, 0.3) is 11.0 Å². The van der Waals surface area contributed by atoms with Crippen LogP contribution in [0.15, 0.2) is 77.5 Å². The van der Waals surface area contributed by atoms with Crippen molar-refractivity contribution in [1.82, 2.24) is 9.55 Å². The number of anilines is 1. The maximum absolute atomic E-state index is 12.6. The van der Waals surface area contributed by atoms with E-state index in [2.05, 4.69) is 26.2 Å². The number of nitrogens with zero attached hydrogens (tertiary/aromatic N) is 2. The predicted octanol–water partition coefficient (Wildman–Crippen LogP) is 5.77. The van der Waals surface area contributed by atoms with Gasteiger partial charge in [-0.15, -0.1) is 0 Å². The molecule has 8 heteroatoms. The van der Waals surface area contributed by atoms with Gasteiger partial charge in [-0.1, -0.05) is 57.9 Å². The number of carboxylic acids is 1. The van der Waals surface area contributed by atoms with Crippen molar-refractivity contribution in [3.05, 3.63) is 93.7 Å². The average molecular weight is 499 g/mol. The molecule has 0 aliphatic carbocycles. The minimum absolute atomic E-state index is 0.0734. The van der Waals surface area contributed by atoms with Gasteiger partial charge in [-0.3, -0.25) is 9.59 Å². The lowest BCUT2D eigenvalue weighted by Gasteiger charge is -2.18. The molecular weight excluding hydrogens is 482 g/mol. The molecule has 1 heterocycles. The number of aliphatic carboxylic acids is 1. The van der Waals surface area contributed by atoms with E-state index in [0.717, 1.165) is 15.6 Å². The Labute approximate surface area is 191 Å². The number of rotatable bonds is 6. The summed E-state index contributed by atoms with van der Waals surface area (Å²) in [6.45, 7) is 0. The normalized spacial score (nSPS) is 11.9. The number of aromatic nitrogens is 2. The summed E-state index contributed by atoms with van der Waals surface area (Å²) >= 11 is 9.49. The standard InChI is InChI=1S/C23H17BrClN3O3/c24-15-6-8-17(18(25)10-15)23(31)27-16-7-9-20-19(11-16)26-13-28(20)21(12-22(29)30)14-4-2-1-3-5-14/h1-11,13,21H,12H2,(H,27,31)(H,29,30). The lowest BCUT2D eigenvalue weighted by Crippen LogP contribution is -2.14. The van der Waals surface area contributed by atoms with Crippen molar-refractivity contribution in [3.63, 3.8) is 0 Å². The Kier molecular flexibility index (Phi) is 6.06. The van der Waals surface area contributed by atoms with Crippen LogP contribution in [-0.4, -0.2) is 26.5 Å². The molecule has 1 atom stereocenters. The molecule has 0 fully saturated rings. The van der Waals surface area contributed by atoms with Crippen LogP contribution in [0.4, 0.5) is 5.69 Å². The summed E-state index contributed by atoms with van der Waals surface area (Å²) in [5.74, 6) is -1.23. The summed E-state index contributed by atoms with van der Waals surface area (Å²) in [4.78, 5) is 28.5. The number of benzene rings is 3. The Morgan fingerprint density at radius 2 is 1.87 bits per heavy atom. The van der Waals surface area contributed by atoms with Gasteiger partial charge in [0.1, 0.15) is 0 Å². The zero-order valence-corrected chi connectivity index (χ0v) is 18.5. The summed E-state index contributed by atoms with van der Waals surface area (Å²) in [5.41, 5.74) is 3.23. The van der Waals surface area contributed by atoms with Gasteiger partial charge in [0.15, 0.2) is 0 Å². The van der Waals surface area contributed by atoms with Gasteiger partial charge in [0.25, 0.3) is 5.91 Å². The quantitative estimate of drug-likeness (QED) is 0.353. The van der Waals surface area contributed by atoms with E-state index in [9.17, 15) is 14.7 Å². The molecule has 0 aliphatic heterocycles. The van der Waals surface area contributed by atoms with Crippen molar-refractivity contribution in [2.75, 3.05) is 5.32 Å². The zero-order chi connectivity index (χ0) is 22.0. The third-order valence-electron chi connectivity index (χ3n) is 4.90. The van der Waals surface area contributed by atoms with Gasteiger partial charge in [-0.05, 0) is 42.0 Å². The van der Waals surface area contributed by atoms with Crippen LogP contribution in [0, 0.1) is 0 Å². The predicted molar refractivity (Wildman–Crippen MR) is 124 cm³/mol. The Bertz CT molecular complexity index is 1270. The second-order valence-electron chi connectivity index (χ2n) is 6.96. The fraction of sp³-hybridized carbons (Fsp3) is 0.0870. The smallest absolute Gasteiger partial charge is 0.305 e. The number of hydrogen-bond donors (Lipinski definition) is 2. The first-order chi connectivity index (χ1) is 14.9. The van der Waals surface area contributed by atoms with Crippen LogP contribution in [0.5, 0.6) is 0 Å². The molecule has 1 amide bonds. The molecule has 0 saturated carbocycles. The van der Waals surface area contributed by atoms with Crippen molar-refractivity contribution in [2.45, 2.75) is 12.5 Å². The molecular formula is C23H17BrClN3O3. The molecule has 4 rings (SSSR count). The van der Waals surface area contributed by atoms with Crippen LogP contribution in [0.1, 0.15) is 28.4 Å². The minimum Gasteiger partial charge on any atom is -0.481 e. The first-order valence-electron chi connectivity index (χ1n) is 9.42. The molecule has 3 aromatic carbocycles. The second-order valence-corrected chi connectivity index (χ2v) is 8.28. The topological polar surface area (TPSA) is 84.2 Å². The number of amides is 1. The minimum atomic E-state index is -0.897. The first-order valence-corrected chi connectivity index (χ1v) is 10.6. The molecule has 156 valence electrons. The fourth-order valence-corrected chi connectivity index (χ4v) is 4.21. The van der Waals surface area contributed by atoms with E-state index in [1.54, 1.807) is 36.7 Å². The monoisotopic (exact) mass is 497 g/mol. The Hall–Kier alpha value is -3.16. The third-order valence-corrected chi connectivity index (χ3v) is 5.70. The SMILES string of the molecule is O=C(O)CC(c1ccccc1)n1cnc2cc(NC(=O)c3ccc(Br)cc3Cl)ccc21. The Balaban J connectivity index is 1.64. The number of halogens is 2. The molecule has 0 bridgehead atoms. The van der Waals surface area contributed by atoms with Crippen LogP contribution in [0.3, 0.4) is 0 Å². The van der Waals surface area contributed by atoms with E-state index in [4.69, 9.17) is 11.6 Å². The van der Waals surface area contributed by atoms with E-state index >= 15 is 0 Å². The summed E-state index contributed by atoms with van der Waals surface area (Å²) < 4.78 is 2.63. The van der Waals surface area contributed by atoms with Crippen LogP contribution >= 0.6 is 27.5 Å². The maximum atomic E-state index is 12.6. The summed E-state index contributed by atoms with van der Waals surface area (Å²) in [6, 6.07) is 19.4.